The first-order valence-corrected chi connectivity index (χ1v) is 7.14. The van der Waals surface area contributed by atoms with Crippen LogP contribution in [0.2, 0.25) is 0 Å². The molecular formula is C15H19N3O3. The maximum Gasteiger partial charge on any atom is 0.229 e. The Morgan fingerprint density at radius 3 is 2.62 bits per heavy atom. The minimum atomic E-state index is -0.446. The number of ether oxygens (including phenoxy) is 2. The number of fused-ring (bicyclic) bond motifs is 1. The third kappa shape index (κ3) is 2.85. The van der Waals surface area contributed by atoms with E-state index in [-0.39, 0.29) is 5.92 Å². The Labute approximate surface area is 123 Å². The van der Waals surface area contributed by atoms with Crippen LogP contribution in [0.5, 0.6) is 11.5 Å². The second-order valence-corrected chi connectivity index (χ2v) is 5.38. The largest absolute Gasteiger partial charge is 0.490 e. The molecule has 0 saturated heterocycles. The van der Waals surface area contributed by atoms with E-state index in [1.54, 1.807) is 0 Å². The number of nitrogens with zero attached hydrogens (tertiary/aromatic N) is 2. The first-order valence-electron chi connectivity index (χ1n) is 7.14. The van der Waals surface area contributed by atoms with Crippen LogP contribution in [0.3, 0.4) is 0 Å². The van der Waals surface area contributed by atoms with Gasteiger partial charge in [0.15, 0.2) is 17.3 Å². The summed E-state index contributed by atoms with van der Waals surface area (Å²) in [5, 5.41) is 3.96. The van der Waals surface area contributed by atoms with Crippen LogP contribution < -0.4 is 15.2 Å². The lowest BCUT2D eigenvalue weighted by Gasteiger charge is -2.12. The highest BCUT2D eigenvalue weighted by Crippen LogP contribution is 2.33. The molecule has 3 rings (SSSR count). The monoisotopic (exact) mass is 289 g/mol. The normalized spacial score (nSPS) is 15.8. The molecule has 0 bridgehead atoms. The second kappa shape index (κ2) is 5.73. The van der Waals surface area contributed by atoms with Crippen molar-refractivity contribution in [2.45, 2.75) is 32.2 Å². The minimum Gasteiger partial charge on any atom is -0.490 e. The molecule has 6 nitrogen and oxygen atoms in total. The van der Waals surface area contributed by atoms with Crippen molar-refractivity contribution >= 4 is 0 Å². The Balaban J connectivity index is 1.86. The fraction of sp³-hybridized carbons (Fsp3) is 0.467. The lowest BCUT2D eigenvalue weighted by atomic mass is 10.1. The molecule has 0 amide bonds. The van der Waals surface area contributed by atoms with Crippen LogP contribution in [0, 0.1) is 0 Å². The molecule has 0 saturated carbocycles. The molecular weight excluding hydrogens is 270 g/mol. The van der Waals surface area contributed by atoms with Gasteiger partial charge in [-0.05, 0) is 17.7 Å². The maximum atomic E-state index is 6.22. The highest BCUT2D eigenvalue weighted by Gasteiger charge is 2.20. The molecule has 1 unspecified atom stereocenters. The summed E-state index contributed by atoms with van der Waals surface area (Å²) in [4.78, 5) is 4.34. The van der Waals surface area contributed by atoms with Gasteiger partial charge in [-0.25, -0.2) is 0 Å². The van der Waals surface area contributed by atoms with Crippen LogP contribution in [-0.4, -0.2) is 23.4 Å². The molecule has 0 aliphatic carbocycles. The van der Waals surface area contributed by atoms with E-state index >= 15 is 0 Å². The zero-order valence-corrected chi connectivity index (χ0v) is 12.2. The number of hydrogen-bond acceptors (Lipinski definition) is 6. The van der Waals surface area contributed by atoms with Gasteiger partial charge in [-0.1, -0.05) is 25.1 Å². The fourth-order valence-electron chi connectivity index (χ4n) is 2.13. The zero-order valence-electron chi connectivity index (χ0n) is 12.2. The Hall–Kier alpha value is -2.08. The maximum absolute atomic E-state index is 6.22. The van der Waals surface area contributed by atoms with Crippen LogP contribution in [-0.2, 0) is 0 Å². The van der Waals surface area contributed by atoms with E-state index in [1.807, 2.05) is 32.0 Å². The van der Waals surface area contributed by atoms with Gasteiger partial charge in [0.05, 0.1) is 19.3 Å². The molecule has 1 aliphatic heterocycles. The Morgan fingerprint density at radius 1 is 1.14 bits per heavy atom. The van der Waals surface area contributed by atoms with E-state index in [9.17, 15) is 0 Å². The van der Waals surface area contributed by atoms with Gasteiger partial charge in [-0.15, -0.1) is 0 Å². The molecule has 2 heterocycles. The predicted molar refractivity (Wildman–Crippen MR) is 76.5 cm³/mol. The van der Waals surface area contributed by atoms with Crippen LogP contribution in [0.25, 0.3) is 0 Å². The molecule has 0 spiro atoms. The molecule has 6 heteroatoms. The standard InChI is InChI=1S/C15H19N3O3/c1-9(2)15-17-14(18-21-15)13(16)10-4-5-11-12(8-10)20-7-3-6-19-11/h4-5,8-9,13H,3,6-7,16H2,1-2H3. The molecule has 1 aromatic heterocycles. The summed E-state index contributed by atoms with van der Waals surface area (Å²) in [6.45, 7) is 5.30. The minimum absolute atomic E-state index is 0.183. The van der Waals surface area contributed by atoms with E-state index in [4.69, 9.17) is 19.7 Å². The summed E-state index contributed by atoms with van der Waals surface area (Å²) in [5.74, 6) is 2.72. The van der Waals surface area contributed by atoms with Crippen LogP contribution in [0.15, 0.2) is 22.7 Å². The van der Waals surface area contributed by atoms with Gasteiger partial charge in [0.1, 0.15) is 0 Å². The Bertz CT molecular complexity index is 624. The second-order valence-electron chi connectivity index (χ2n) is 5.38. The third-order valence-electron chi connectivity index (χ3n) is 3.36. The van der Waals surface area contributed by atoms with E-state index in [0.717, 1.165) is 17.7 Å². The topological polar surface area (TPSA) is 83.4 Å². The summed E-state index contributed by atoms with van der Waals surface area (Å²) in [6.07, 6.45) is 0.874. The predicted octanol–water partition coefficient (Wildman–Crippen LogP) is 2.40. The lowest BCUT2D eigenvalue weighted by Crippen LogP contribution is -2.14. The van der Waals surface area contributed by atoms with Crippen molar-refractivity contribution in [1.82, 2.24) is 10.1 Å². The first-order chi connectivity index (χ1) is 10.1. The smallest absolute Gasteiger partial charge is 0.229 e. The van der Waals surface area contributed by atoms with Gasteiger partial charge >= 0.3 is 0 Å². The number of aromatic nitrogens is 2. The van der Waals surface area contributed by atoms with Crippen molar-refractivity contribution in [3.8, 4) is 11.5 Å². The summed E-state index contributed by atoms with van der Waals surface area (Å²) < 4.78 is 16.5. The molecule has 1 aliphatic rings. The lowest BCUT2D eigenvalue weighted by molar-refractivity contribution is 0.297. The number of hydrogen-bond donors (Lipinski definition) is 1. The number of nitrogens with two attached hydrogens (primary N) is 1. The summed E-state index contributed by atoms with van der Waals surface area (Å²) in [5.41, 5.74) is 7.09. The molecule has 2 aromatic rings. The van der Waals surface area contributed by atoms with Crippen LogP contribution >= 0.6 is 0 Å². The van der Waals surface area contributed by atoms with Gasteiger partial charge in [-0.3, -0.25) is 0 Å². The van der Waals surface area contributed by atoms with E-state index < -0.39 is 6.04 Å². The van der Waals surface area contributed by atoms with Gasteiger partial charge in [-0.2, -0.15) is 4.98 Å². The third-order valence-corrected chi connectivity index (χ3v) is 3.36. The SMILES string of the molecule is CC(C)c1nc(C(N)c2ccc3c(c2)OCCCO3)no1. The molecule has 2 N–H and O–H groups in total. The van der Waals surface area contributed by atoms with E-state index in [1.165, 1.54) is 0 Å². The Morgan fingerprint density at radius 2 is 1.90 bits per heavy atom. The summed E-state index contributed by atoms with van der Waals surface area (Å²) in [6, 6.07) is 5.22. The summed E-state index contributed by atoms with van der Waals surface area (Å²) >= 11 is 0. The number of rotatable bonds is 3. The molecule has 21 heavy (non-hydrogen) atoms. The van der Waals surface area contributed by atoms with E-state index in [2.05, 4.69) is 10.1 Å². The van der Waals surface area contributed by atoms with Crippen LogP contribution in [0.4, 0.5) is 0 Å². The van der Waals surface area contributed by atoms with Crippen molar-refractivity contribution in [3.05, 3.63) is 35.5 Å². The van der Waals surface area contributed by atoms with Crippen molar-refractivity contribution in [3.63, 3.8) is 0 Å². The van der Waals surface area contributed by atoms with Crippen LogP contribution in [0.1, 0.15) is 49.5 Å². The van der Waals surface area contributed by atoms with Crippen molar-refractivity contribution in [2.75, 3.05) is 13.2 Å². The quantitative estimate of drug-likeness (QED) is 0.934. The van der Waals surface area contributed by atoms with Gasteiger partial charge < -0.3 is 19.7 Å². The average Bonchev–Trinajstić information content (AvgIpc) is 2.86. The molecule has 1 atom stereocenters. The first kappa shape index (κ1) is 13.9. The van der Waals surface area contributed by atoms with Crippen molar-refractivity contribution in [1.29, 1.82) is 0 Å². The highest BCUT2D eigenvalue weighted by atomic mass is 16.5. The fourth-order valence-corrected chi connectivity index (χ4v) is 2.13. The average molecular weight is 289 g/mol. The highest BCUT2D eigenvalue weighted by molar-refractivity contribution is 5.45. The molecule has 0 radical (unpaired) electrons. The molecule has 112 valence electrons. The summed E-state index contributed by atoms with van der Waals surface area (Å²) in [7, 11) is 0. The zero-order chi connectivity index (χ0) is 14.8. The Kier molecular flexibility index (Phi) is 3.79. The van der Waals surface area contributed by atoms with Crippen molar-refractivity contribution < 1.29 is 14.0 Å². The molecule has 0 fully saturated rings. The van der Waals surface area contributed by atoms with Crippen molar-refractivity contribution in [2.24, 2.45) is 5.73 Å². The molecule has 1 aromatic carbocycles. The van der Waals surface area contributed by atoms with Gasteiger partial charge in [0.25, 0.3) is 0 Å². The van der Waals surface area contributed by atoms with Gasteiger partial charge in [0.2, 0.25) is 5.89 Å². The number of benzene rings is 1. The van der Waals surface area contributed by atoms with E-state index in [0.29, 0.717) is 30.7 Å². The van der Waals surface area contributed by atoms with Gasteiger partial charge in [0, 0.05) is 12.3 Å².